The summed E-state index contributed by atoms with van der Waals surface area (Å²) >= 11 is 0. The normalized spacial score (nSPS) is 17.6. The molecule has 20 heavy (non-hydrogen) atoms. The molecule has 1 aliphatic rings. The van der Waals surface area contributed by atoms with Crippen molar-refractivity contribution in [2.24, 2.45) is 5.73 Å². The number of amides is 1. The van der Waals surface area contributed by atoms with E-state index in [0.29, 0.717) is 18.0 Å². The zero-order valence-corrected chi connectivity index (χ0v) is 11.9. The molecular weight excluding hydrogens is 259 g/mol. The minimum absolute atomic E-state index is 0.211. The first-order chi connectivity index (χ1) is 9.42. The number of nitrogens with two attached hydrogens (primary N) is 1. The topological polar surface area (TPSA) is 64.3 Å². The molecule has 1 saturated carbocycles. The van der Waals surface area contributed by atoms with Gasteiger partial charge in [-0.15, -0.1) is 0 Å². The molecule has 110 valence electrons. The van der Waals surface area contributed by atoms with Crippen molar-refractivity contribution < 1.29 is 13.9 Å². The highest BCUT2D eigenvalue weighted by Crippen LogP contribution is 2.25. The van der Waals surface area contributed by atoms with Crippen molar-refractivity contribution in [3.8, 4) is 5.75 Å². The van der Waals surface area contributed by atoms with Gasteiger partial charge in [0.05, 0.1) is 12.1 Å². The van der Waals surface area contributed by atoms with Gasteiger partial charge in [0, 0.05) is 12.5 Å². The maximum absolute atomic E-state index is 13.8. The van der Waals surface area contributed by atoms with Crippen LogP contribution in [0, 0.1) is 12.7 Å². The SMILES string of the molecule is Cc1cccc(OCCC(C)(NC2CC2)C(N)=O)c1F. The average molecular weight is 280 g/mol. The fraction of sp³-hybridized carbons (Fsp3) is 0.533. The second-order valence-electron chi connectivity index (χ2n) is 5.60. The molecule has 0 saturated heterocycles. The summed E-state index contributed by atoms with van der Waals surface area (Å²) in [6.45, 7) is 3.69. The molecule has 0 heterocycles. The molecule has 1 atom stereocenters. The molecule has 4 nitrogen and oxygen atoms in total. The Morgan fingerprint density at radius 2 is 2.25 bits per heavy atom. The van der Waals surface area contributed by atoms with Crippen molar-refractivity contribution in [2.75, 3.05) is 6.61 Å². The summed E-state index contributed by atoms with van der Waals surface area (Å²) in [5, 5.41) is 3.23. The highest BCUT2D eigenvalue weighted by atomic mass is 19.1. The van der Waals surface area contributed by atoms with Crippen LogP contribution in [0.5, 0.6) is 5.75 Å². The molecule has 1 fully saturated rings. The van der Waals surface area contributed by atoms with Crippen LogP contribution in [0.15, 0.2) is 18.2 Å². The summed E-state index contributed by atoms with van der Waals surface area (Å²) in [5.41, 5.74) is 5.18. The number of primary amides is 1. The first-order valence-electron chi connectivity index (χ1n) is 6.88. The van der Waals surface area contributed by atoms with Crippen LogP contribution >= 0.6 is 0 Å². The number of nitrogens with one attached hydrogen (secondary N) is 1. The van der Waals surface area contributed by atoms with Crippen molar-refractivity contribution in [1.29, 1.82) is 0 Å². The number of rotatable bonds is 7. The van der Waals surface area contributed by atoms with Crippen LogP contribution in [-0.2, 0) is 4.79 Å². The molecule has 5 heteroatoms. The van der Waals surface area contributed by atoms with E-state index >= 15 is 0 Å². The summed E-state index contributed by atoms with van der Waals surface area (Å²) in [6, 6.07) is 5.37. The molecule has 0 aromatic heterocycles. The molecular formula is C15H21FN2O2. The summed E-state index contributed by atoms with van der Waals surface area (Å²) in [7, 11) is 0. The summed E-state index contributed by atoms with van der Waals surface area (Å²) in [4.78, 5) is 11.6. The Morgan fingerprint density at radius 1 is 1.55 bits per heavy atom. The van der Waals surface area contributed by atoms with Crippen molar-refractivity contribution >= 4 is 5.91 Å². The largest absolute Gasteiger partial charge is 0.490 e. The van der Waals surface area contributed by atoms with Crippen molar-refractivity contribution in [3.63, 3.8) is 0 Å². The Morgan fingerprint density at radius 3 is 2.85 bits per heavy atom. The maximum atomic E-state index is 13.8. The first-order valence-corrected chi connectivity index (χ1v) is 6.88. The molecule has 0 radical (unpaired) electrons. The Balaban J connectivity index is 1.92. The summed E-state index contributed by atoms with van der Waals surface area (Å²) in [6.07, 6.45) is 2.54. The maximum Gasteiger partial charge on any atom is 0.237 e. The van der Waals surface area contributed by atoms with Crippen LogP contribution in [-0.4, -0.2) is 24.1 Å². The highest BCUT2D eigenvalue weighted by Gasteiger charge is 2.36. The van der Waals surface area contributed by atoms with Crippen molar-refractivity contribution in [3.05, 3.63) is 29.6 Å². The lowest BCUT2D eigenvalue weighted by atomic mass is 9.97. The van der Waals surface area contributed by atoms with Crippen LogP contribution < -0.4 is 15.8 Å². The third-order valence-corrected chi connectivity index (χ3v) is 3.66. The van der Waals surface area contributed by atoms with Gasteiger partial charge in [0.25, 0.3) is 0 Å². The number of hydrogen-bond donors (Lipinski definition) is 2. The van der Waals surface area contributed by atoms with Gasteiger partial charge in [-0.25, -0.2) is 4.39 Å². The van der Waals surface area contributed by atoms with E-state index in [4.69, 9.17) is 10.5 Å². The number of aryl methyl sites for hydroxylation is 1. The number of ether oxygens (including phenoxy) is 1. The lowest BCUT2D eigenvalue weighted by molar-refractivity contribution is -0.124. The van der Waals surface area contributed by atoms with E-state index in [-0.39, 0.29) is 18.2 Å². The fourth-order valence-corrected chi connectivity index (χ4v) is 2.04. The van der Waals surface area contributed by atoms with E-state index in [1.165, 1.54) is 0 Å². The third kappa shape index (κ3) is 3.48. The Kier molecular flexibility index (Phi) is 4.28. The van der Waals surface area contributed by atoms with E-state index in [1.807, 2.05) is 0 Å². The predicted octanol–water partition coefficient (Wildman–Crippen LogP) is 1.90. The van der Waals surface area contributed by atoms with Gasteiger partial charge in [0.15, 0.2) is 11.6 Å². The van der Waals surface area contributed by atoms with Crippen LogP contribution in [0.1, 0.15) is 31.7 Å². The van der Waals surface area contributed by atoms with Crippen LogP contribution in [0.25, 0.3) is 0 Å². The molecule has 0 spiro atoms. The van der Waals surface area contributed by atoms with E-state index in [1.54, 1.807) is 32.0 Å². The van der Waals surface area contributed by atoms with Gasteiger partial charge in [-0.2, -0.15) is 0 Å². The molecule has 0 bridgehead atoms. The first kappa shape index (κ1) is 14.8. The Labute approximate surface area is 118 Å². The van der Waals surface area contributed by atoms with Gasteiger partial charge in [0.1, 0.15) is 0 Å². The predicted molar refractivity (Wildman–Crippen MR) is 75.0 cm³/mol. The van der Waals surface area contributed by atoms with Crippen LogP contribution in [0.3, 0.4) is 0 Å². The molecule has 1 unspecified atom stereocenters. The zero-order chi connectivity index (χ0) is 14.8. The molecule has 1 aliphatic carbocycles. The fourth-order valence-electron chi connectivity index (χ4n) is 2.04. The number of benzene rings is 1. The molecule has 1 amide bonds. The molecule has 1 aromatic rings. The zero-order valence-electron chi connectivity index (χ0n) is 11.9. The van der Waals surface area contributed by atoms with Crippen molar-refractivity contribution in [1.82, 2.24) is 5.32 Å². The minimum atomic E-state index is -0.804. The molecule has 1 aromatic carbocycles. The van der Waals surface area contributed by atoms with Gasteiger partial charge >= 0.3 is 0 Å². The molecule has 3 N–H and O–H groups in total. The van der Waals surface area contributed by atoms with E-state index < -0.39 is 11.4 Å². The monoisotopic (exact) mass is 280 g/mol. The standard InChI is InChI=1S/C15H21FN2O2/c1-10-4-3-5-12(13(10)16)20-9-8-15(2,14(17)19)18-11-6-7-11/h3-5,11,18H,6-9H2,1-2H3,(H2,17,19). The molecule has 0 aliphatic heterocycles. The number of carbonyl (C=O) groups is 1. The quantitative estimate of drug-likeness (QED) is 0.801. The van der Waals surface area contributed by atoms with E-state index in [0.717, 1.165) is 12.8 Å². The Hall–Kier alpha value is -1.62. The number of hydrogen-bond acceptors (Lipinski definition) is 3. The average Bonchev–Trinajstić information content (AvgIpc) is 3.18. The second-order valence-corrected chi connectivity index (χ2v) is 5.60. The number of carbonyl (C=O) groups excluding carboxylic acids is 1. The minimum Gasteiger partial charge on any atom is -0.490 e. The smallest absolute Gasteiger partial charge is 0.237 e. The van der Waals surface area contributed by atoms with Gasteiger partial charge in [0.2, 0.25) is 5.91 Å². The van der Waals surface area contributed by atoms with E-state index in [9.17, 15) is 9.18 Å². The highest BCUT2D eigenvalue weighted by molar-refractivity contribution is 5.84. The summed E-state index contributed by atoms with van der Waals surface area (Å²) in [5.74, 6) is -0.551. The summed E-state index contributed by atoms with van der Waals surface area (Å²) < 4.78 is 19.2. The number of halogens is 1. The second kappa shape index (κ2) is 5.79. The third-order valence-electron chi connectivity index (χ3n) is 3.66. The van der Waals surface area contributed by atoms with Gasteiger partial charge in [-0.1, -0.05) is 12.1 Å². The van der Waals surface area contributed by atoms with Gasteiger partial charge in [-0.3, -0.25) is 4.79 Å². The van der Waals surface area contributed by atoms with Crippen LogP contribution in [0.4, 0.5) is 4.39 Å². The van der Waals surface area contributed by atoms with Crippen LogP contribution in [0.2, 0.25) is 0 Å². The van der Waals surface area contributed by atoms with Gasteiger partial charge < -0.3 is 15.8 Å². The lowest BCUT2D eigenvalue weighted by Crippen LogP contribution is -2.54. The lowest BCUT2D eigenvalue weighted by Gasteiger charge is -2.27. The molecule has 2 rings (SSSR count). The van der Waals surface area contributed by atoms with Crippen molar-refractivity contribution in [2.45, 2.75) is 44.7 Å². The van der Waals surface area contributed by atoms with Gasteiger partial charge in [-0.05, 0) is 38.3 Å². The van der Waals surface area contributed by atoms with E-state index in [2.05, 4.69) is 5.32 Å². The Bertz CT molecular complexity index is 503.